The second kappa shape index (κ2) is 9.58. The first-order chi connectivity index (χ1) is 13.8. The number of hydrogen-bond acceptors (Lipinski definition) is 7. The normalized spacial score (nSPS) is 12.4. The Morgan fingerprint density at radius 1 is 1.07 bits per heavy atom. The van der Waals surface area contributed by atoms with Crippen molar-refractivity contribution in [1.29, 1.82) is 0 Å². The molecule has 1 N–H and O–H groups in total. The van der Waals surface area contributed by atoms with Crippen LogP contribution >= 0.6 is 0 Å². The number of esters is 1. The minimum atomic E-state index is -4.82. The lowest BCUT2D eigenvalue weighted by molar-refractivity contribution is -0.132. The van der Waals surface area contributed by atoms with Crippen molar-refractivity contribution < 1.29 is 37.5 Å². The van der Waals surface area contributed by atoms with Crippen molar-refractivity contribution in [2.24, 2.45) is 10.3 Å². The third-order valence-electron chi connectivity index (χ3n) is 3.60. The molecule has 0 unspecified atom stereocenters. The number of nitrogens with zero attached hydrogens (tertiary/aromatic N) is 2. The number of methoxy groups -OCH3 is 1. The Labute approximate surface area is 164 Å². The van der Waals surface area contributed by atoms with Gasteiger partial charge in [0.05, 0.1) is 7.11 Å². The number of ether oxygens (including phenoxy) is 1. The predicted molar refractivity (Wildman–Crippen MR) is 97.5 cm³/mol. The van der Waals surface area contributed by atoms with Gasteiger partial charge in [-0.15, -0.1) is 0 Å². The van der Waals surface area contributed by atoms with Crippen LogP contribution in [0.5, 0.6) is 5.75 Å². The highest BCUT2D eigenvalue weighted by molar-refractivity contribution is 6.43. The van der Waals surface area contributed by atoms with Crippen LogP contribution in [0.1, 0.15) is 16.7 Å². The van der Waals surface area contributed by atoms with E-state index < -0.39 is 24.5 Å². The standard InChI is InChI=1S/C19H17F3N2O5/c1-27-18(26)16(23-28-2)15-9-4-3-6-13(15)11-29-24-17(19(20,21)22)12-7-5-8-14(25)10-12/h3-10,25H,11H2,1-2H3/b23-16+,24-17?. The van der Waals surface area contributed by atoms with E-state index in [0.29, 0.717) is 5.56 Å². The highest BCUT2D eigenvalue weighted by atomic mass is 19.4. The second-order valence-electron chi connectivity index (χ2n) is 5.53. The smallest absolute Gasteiger partial charge is 0.437 e. The van der Waals surface area contributed by atoms with Gasteiger partial charge in [-0.1, -0.05) is 46.7 Å². The van der Waals surface area contributed by atoms with Crippen molar-refractivity contribution in [1.82, 2.24) is 0 Å². The number of rotatable bonds is 7. The number of phenols is 1. The Balaban J connectivity index is 2.33. The molecule has 10 heteroatoms. The molecule has 154 valence electrons. The van der Waals surface area contributed by atoms with Gasteiger partial charge < -0.3 is 19.5 Å². The molecule has 2 aromatic carbocycles. The van der Waals surface area contributed by atoms with Gasteiger partial charge in [0.25, 0.3) is 0 Å². The number of benzene rings is 2. The van der Waals surface area contributed by atoms with Crippen molar-refractivity contribution in [2.75, 3.05) is 14.2 Å². The summed E-state index contributed by atoms with van der Waals surface area (Å²) in [5.41, 5.74) is -1.27. The molecule has 0 bridgehead atoms. The van der Waals surface area contributed by atoms with Gasteiger partial charge in [-0.05, 0) is 12.1 Å². The molecule has 0 aliphatic carbocycles. The molecule has 2 aromatic rings. The van der Waals surface area contributed by atoms with Crippen LogP contribution < -0.4 is 0 Å². The Morgan fingerprint density at radius 2 is 1.79 bits per heavy atom. The second-order valence-corrected chi connectivity index (χ2v) is 5.53. The van der Waals surface area contributed by atoms with Gasteiger partial charge in [0.15, 0.2) is 11.4 Å². The summed E-state index contributed by atoms with van der Waals surface area (Å²) in [4.78, 5) is 21.5. The molecular formula is C19H17F3N2O5. The van der Waals surface area contributed by atoms with Crippen LogP contribution in [0.25, 0.3) is 0 Å². The first kappa shape index (κ1) is 21.7. The molecule has 0 atom stereocenters. The Morgan fingerprint density at radius 3 is 2.41 bits per heavy atom. The van der Waals surface area contributed by atoms with Gasteiger partial charge in [0, 0.05) is 16.7 Å². The number of hydrogen-bond donors (Lipinski definition) is 1. The number of aromatic hydroxyl groups is 1. The molecule has 0 spiro atoms. The van der Waals surface area contributed by atoms with E-state index in [1.54, 1.807) is 12.1 Å². The maximum Gasteiger partial charge on any atom is 0.437 e. The van der Waals surface area contributed by atoms with Crippen LogP contribution in [0.4, 0.5) is 13.2 Å². The van der Waals surface area contributed by atoms with Gasteiger partial charge in [0.1, 0.15) is 19.5 Å². The molecule has 0 amide bonds. The van der Waals surface area contributed by atoms with Crippen molar-refractivity contribution >= 4 is 17.4 Å². The predicted octanol–water partition coefficient (Wildman–Crippen LogP) is 3.40. The summed E-state index contributed by atoms with van der Waals surface area (Å²) in [5, 5.41) is 16.2. The number of carbonyl (C=O) groups excluding carboxylic acids is 1. The van der Waals surface area contributed by atoms with Crippen LogP contribution in [0.3, 0.4) is 0 Å². The van der Waals surface area contributed by atoms with Crippen LogP contribution in [0.2, 0.25) is 0 Å². The minimum Gasteiger partial charge on any atom is -0.508 e. The largest absolute Gasteiger partial charge is 0.508 e. The highest BCUT2D eigenvalue weighted by Crippen LogP contribution is 2.25. The number of oxime groups is 2. The summed E-state index contributed by atoms with van der Waals surface area (Å²) < 4.78 is 44.6. The van der Waals surface area contributed by atoms with Crippen LogP contribution in [-0.4, -0.2) is 42.9 Å². The van der Waals surface area contributed by atoms with Crippen LogP contribution in [-0.2, 0) is 25.8 Å². The van der Waals surface area contributed by atoms with E-state index in [2.05, 4.69) is 19.9 Å². The fourth-order valence-electron chi connectivity index (χ4n) is 2.35. The fraction of sp³-hybridized carbons (Fsp3) is 0.211. The summed E-state index contributed by atoms with van der Waals surface area (Å²) >= 11 is 0. The van der Waals surface area contributed by atoms with Gasteiger partial charge in [-0.2, -0.15) is 13.2 Å². The molecule has 0 aromatic heterocycles. The van der Waals surface area contributed by atoms with Crippen molar-refractivity contribution in [2.45, 2.75) is 12.8 Å². The third kappa shape index (κ3) is 5.71. The zero-order chi connectivity index (χ0) is 21.4. The van der Waals surface area contributed by atoms with E-state index in [-0.39, 0.29) is 22.6 Å². The summed E-state index contributed by atoms with van der Waals surface area (Å²) in [7, 11) is 2.39. The van der Waals surface area contributed by atoms with E-state index in [1.807, 2.05) is 0 Å². The molecule has 0 radical (unpaired) electrons. The Kier molecular flexibility index (Phi) is 7.18. The highest BCUT2D eigenvalue weighted by Gasteiger charge is 2.38. The Bertz CT molecular complexity index is 926. The molecule has 2 rings (SSSR count). The molecule has 0 heterocycles. The SMILES string of the molecule is CO/N=C(/C(=O)OC)c1ccccc1CON=C(c1cccc(O)c1)C(F)(F)F. The maximum atomic E-state index is 13.3. The van der Waals surface area contributed by atoms with Gasteiger partial charge in [0.2, 0.25) is 0 Å². The van der Waals surface area contributed by atoms with Gasteiger partial charge in [-0.25, -0.2) is 4.79 Å². The summed E-state index contributed by atoms with van der Waals surface area (Å²) in [6.45, 7) is -0.395. The number of carbonyl (C=O) groups is 1. The average Bonchev–Trinajstić information content (AvgIpc) is 2.68. The Hall–Kier alpha value is -3.56. The molecule has 0 saturated carbocycles. The number of phenolic OH excluding ortho intramolecular Hbond substituents is 1. The average molecular weight is 410 g/mol. The van der Waals surface area contributed by atoms with Gasteiger partial charge >= 0.3 is 12.1 Å². The van der Waals surface area contributed by atoms with Crippen molar-refractivity contribution in [3.63, 3.8) is 0 Å². The summed E-state index contributed by atoms with van der Waals surface area (Å²) in [6.07, 6.45) is -4.82. The van der Waals surface area contributed by atoms with E-state index in [9.17, 15) is 23.1 Å². The zero-order valence-electron chi connectivity index (χ0n) is 15.4. The lowest BCUT2D eigenvalue weighted by Gasteiger charge is -2.12. The zero-order valence-corrected chi connectivity index (χ0v) is 15.4. The quantitative estimate of drug-likeness (QED) is 0.429. The fourth-order valence-corrected chi connectivity index (χ4v) is 2.35. The third-order valence-corrected chi connectivity index (χ3v) is 3.60. The molecule has 0 saturated heterocycles. The molecule has 0 aliphatic rings. The van der Waals surface area contributed by atoms with Crippen molar-refractivity contribution in [3.05, 3.63) is 65.2 Å². The first-order valence-electron chi connectivity index (χ1n) is 8.12. The number of alkyl halides is 3. The molecule has 7 nitrogen and oxygen atoms in total. The molecule has 29 heavy (non-hydrogen) atoms. The maximum absolute atomic E-state index is 13.3. The van der Waals surface area contributed by atoms with Crippen LogP contribution in [0.15, 0.2) is 58.8 Å². The lowest BCUT2D eigenvalue weighted by atomic mass is 10.0. The lowest BCUT2D eigenvalue weighted by Crippen LogP contribution is -2.24. The van der Waals surface area contributed by atoms with Gasteiger partial charge in [-0.3, -0.25) is 0 Å². The number of halogens is 3. The molecular weight excluding hydrogens is 393 g/mol. The monoisotopic (exact) mass is 410 g/mol. The molecule has 0 aliphatic heterocycles. The minimum absolute atomic E-state index is 0.179. The summed E-state index contributed by atoms with van der Waals surface area (Å²) in [5.74, 6) is -1.14. The van der Waals surface area contributed by atoms with E-state index in [1.165, 1.54) is 31.4 Å². The molecule has 0 fully saturated rings. The van der Waals surface area contributed by atoms with E-state index >= 15 is 0 Å². The van der Waals surface area contributed by atoms with Crippen molar-refractivity contribution in [3.8, 4) is 5.75 Å². The van der Waals surface area contributed by atoms with E-state index in [0.717, 1.165) is 19.2 Å². The van der Waals surface area contributed by atoms with E-state index in [4.69, 9.17) is 4.84 Å². The topological polar surface area (TPSA) is 89.7 Å². The van der Waals surface area contributed by atoms with Crippen LogP contribution in [0, 0.1) is 0 Å². The summed E-state index contributed by atoms with van der Waals surface area (Å²) in [6, 6.07) is 10.8. The first-order valence-corrected chi connectivity index (χ1v) is 8.12.